The summed E-state index contributed by atoms with van der Waals surface area (Å²) in [6, 6.07) is 23.9. The van der Waals surface area contributed by atoms with E-state index >= 15 is 0 Å². The number of nitrogens with two attached hydrogens (primary N) is 1. The minimum atomic E-state index is -4.45. The normalized spacial score (nSPS) is 25.4. The molecule has 0 unspecified atom stereocenters. The van der Waals surface area contributed by atoms with Crippen molar-refractivity contribution in [2.24, 2.45) is 28.3 Å². The van der Waals surface area contributed by atoms with Gasteiger partial charge in [0, 0.05) is 24.9 Å². The Bertz CT molecular complexity index is 5700. The van der Waals surface area contributed by atoms with Crippen LogP contribution in [0.1, 0.15) is 185 Å². The molecule has 0 spiro atoms. The van der Waals surface area contributed by atoms with Gasteiger partial charge in [-0.3, -0.25) is 43.2 Å². The van der Waals surface area contributed by atoms with Crippen molar-refractivity contribution in [1.29, 1.82) is 0 Å². The highest BCUT2D eigenvalue weighted by Crippen LogP contribution is 2.50. The van der Waals surface area contributed by atoms with Crippen LogP contribution in [0, 0.1) is 23.2 Å². The summed E-state index contributed by atoms with van der Waals surface area (Å²) < 4.78 is 145. The molecule has 3 aromatic heterocycles. The van der Waals surface area contributed by atoms with Gasteiger partial charge in [-0.25, -0.2) is 68.9 Å². The highest BCUT2D eigenvalue weighted by molar-refractivity contribution is 7.91. The van der Waals surface area contributed by atoms with Gasteiger partial charge in [0.1, 0.15) is 70.3 Å². The fourth-order valence-electron chi connectivity index (χ4n) is 15.7. The molecule has 4 aromatic carbocycles. The third-order valence-corrected chi connectivity index (χ3v) is 31.7. The van der Waals surface area contributed by atoms with E-state index in [2.05, 4.69) is 45.7 Å². The zero-order valence-corrected chi connectivity index (χ0v) is 79.9. The number of likely N-dealkylation sites (tertiary alicyclic amines) is 2. The van der Waals surface area contributed by atoms with Crippen molar-refractivity contribution in [3.8, 4) is 15.6 Å². The van der Waals surface area contributed by atoms with Crippen molar-refractivity contribution in [3.63, 3.8) is 0 Å². The van der Waals surface area contributed by atoms with Crippen LogP contribution < -0.4 is 50.1 Å². The average molecular weight is 1960 g/mol. The van der Waals surface area contributed by atoms with Crippen molar-refractivity contribution < 1.29 is 115 Å². The molecule has 3 saturated heterocycles. The number of carboxylic acids is 2. The lowest BCUT2D eigenvalue weighted by Gasteiger charge is -2.29. The summed E-state index contributed by atoms with van der Waals surface area (Å²) >= 11 is 10.5. The largest absolute Gasteiger partial charge is 0.480 e. The number of nitrogens with zero attached hydrogens (tertiary/aromatic N) is 6. The second-order valence-electron chi connectivity index (χ2n) is 37.3. The lowest BCUT2D eigenvalue weighted by Crippen LogP contribution is -2.57. The summed E-state index contributed by atoms with van der Waals surface area (Å²) in [4.78, 5) is 131. The van der Waals surface area contributed by atoms with Crippen LogP contribution in [0.5, 0.6) is 15.6 Å². The van der Waals surface area contributed by atoms with E-state index in [4.69, 9.17) is 45.7 Å². The van der Waals surface area contributed by atoms with E-state index in [1.54, 1.807) is 62.3 Å². The molecule has 35 nitrogen and oxygen atoms in total. The molecule has 45 heteroatoms. The minimum Gasteiger partial charge on any atom is -0.480 e. The number of carboxylic acid groups (broad SMARTS) is 2. The summed E-state index contributed by atoms with van der Waals surface area (Å²) in [5, 5.41) is 34.6. The van der Waals surface area contributed by atoms with Gasteiger partial charge in [0.25, 0.3) is 27.4 Å². The average Bonchev–Trinajstić information content (AvgIpc) is 1.58. The van der Waals surface area contributed by atoms with Crippen LogP contribution in [0.15, 0.2) is 97.1 Å². The zero-order valence-electron chi connectivity index (χ0n) is 74.3. The highest BCUT2D eigenvalue weighted by atomic mass is 35.5. The molecule has 6 heterocycles. The number of sulfonamides is 3. The number of carbonyl (C=O) groups excluding carboxylic acids is 7. The Hall–Kier alpha value is -9.57. The Balaban J connectivity index is 0.000000157. The number of carbonyl (C=O) groups is 9. The molecule has 9 aliphatic rings. The van der Waals surface area contributed by atoms with Crippen LogP contribution in [0.25, 0.3) is 30.6 Å². The van der Waals surface area contributed by atoms with Gasteiger partial charge >= 0.3 is 30.3 Å². The number of fused-ring (bicyclic) bond motifs is 3. The number of halogens is 4. The van der Waals surface area contributed by atoms with Crippen LogP contribution in [-0.2, 0) is 79.3 Å². The van der Waals surface area contributed by atoms with Crippen molar-refractivity contribution in [2.75, 3.05) is 25.0 Å². The molecule has 13 atom stereocenters. The molecule has 16 rings (SSSR count). The minimum absolute atomic E-state index is 0.0926. The fourth-order valence-corrected chi connectivity index (χ4v) is 22.2. The number of alkyl halides is 3. The van der Waals surface area contributed by atoms with Crippen LogP contribution in [-0.4, -0.2) is 224 Å². The van der Waals surface area contributed by atoms with Gasteiger partial charge in [-0.15, -0.1) is 0 Å². The van der Waals surface area contributed by atoms with Crippen LogP contribution in [0.4, 0.5) is 28.4 Å². The Labute approximate surface area is 773 Å². The Kier molecular flexibility index (Phi) is 30.0. The summed E-state index contributed by atoms with van der Waals surface area (Å²) in [7, 11) is -10.6. The van der Waals surface area contributed by atoms with E-state index in [0.717, 1.165) is 55.6 Å². The summed E-state index contributed by atoms with van der Waals surface area (Å²) in [5.41, 5.74) is -4.18. The predicted octanol–water partition coefficient (Wildman–Crippen LogP) is 11.6. The van der Waals surface area contributed by atoms with E-state index in [-0.39, 0.29) is 60.7 Å². The predicted molar refractivity (Wildman–Crippen MR) is 483 cm³/mol. The second-order valence-corrected chi connectivity index (χ2v) is 46.5. The van der Waals surface area contributed by atoms with Crippen LogP contribution in [0.2, 0.25) is 0 Å². The zero-order chi connectivity index (χ0) is 95.8. The third-order valence-electron chi connectivity index (χ3n) is 23.5. The molecule has 131 heavy (non-hydrogen) atoms. The van der Waals surface area contributed by atoms with Gasteiger partial charge in [0.15, 0.2) is 0 Å². The maximum Gasteiger partial charge on any atom is 0.416 e. The molecule has 3 aliphatic heterocycles. The standard InChI is InChI=1S/C26H34N4O7S2.C23H29N3O6S.C21H25ClN4O5S2.C13H16F3NO2.C3H7NO2S/c1-5-15-13-26(15,22(32)29-39(34,35)17-10-11-17)28-21(31)19-12-16(14-30(19)24(33)37-25(2,3)4)36-23-27-18-8-6-7-9-20(18)38-23;1-5-13-11-23(13,19(28)29)25-18(27)16-10-14(12-26(16)21(30)32-22(2,3)4)31-20-24-15-8-6-7-9-17(15)33-20;1-2-12-10-21(12,19(28)25-33(29,30)14-7-8-14)24-18(27)16-9-13(11-26(16)22)31-20-23-15-5-3-4-6-17(15)32-20;1-12(2,3)10(11(18)19)17-9-6-4-5-8(7-9)13(14,15)16;4-7(5,6)3-1-2-3/h6-9,15-17,19H,5,10-14H2,1-4H3,(H,28,31)(H,29,32);6-9,13-14,16H,5,10-12H2,1-4H3,(H,25,27)(H,28,29);3-6,12-14,16H,2,7-11H2,1H3,(H,24,27)(H,25,28);4-7,10,17H,1-3H3,(H,18,19);3H,1-2H2,(H2,4,5,6)/t15-,16-,19+,26-;13-,14-,16+,23-;12-,13-,16+,21-;10-;/m1111./s1. The van der Waals surface area contributed by atoms with Gasteiger partial charge < -0.3 is 55.2 Å². The number of thiazole rings is 3. The number of primary sulfonamides is 1. The summed E-state index contributed by atoms with van der Waals surface area (Å²) in [5.74, 6) is -5.44. The third kappa shape index (κ3) is 25.3. The summed E-state index contributed by atoms with van der Waals surface area (Å²) in [6.07, 6.45) is 0.281. The molecule has 9 fully saturated rings. The van der Waals surface area contributed by atoms with Crippen LogP contribution in [0.3, 0.4) is 0 Å². The molecular formula is C86H111ClF3N13O22S6. The molecule has 0 radical (unpaired) electrons. The lowest BCUT2D eigenvalue weighted by molar-refractivity contribution is -0.144. The molecule has 7 amide bonds. The number of benzene rings is 4. The number of aromatic nitrogens is 3. The number of para-hydroxylation sites is 3. The Morgan fingerprint density at radius 3 is 1.18 bits per heavy atom. The molecule has 6 saturated carbocycles. The Morgan fingerprint density at radius 1 is 0.511 bits per heavy atom. The summed E-state index contributed by atoms with van der Waals surface area (Å²) in [6.45, 7) is 21.8. The number of rotatable bonds is 26. The smallest absolute Gasteiger partial charge is 0.416 e. The van der Waals surface area contributed by atoms with Gasteiger partial charge in [-0.1, -0.05) is 137 Å². The van der Waals surface area contributed by atoms with Gasteiger partial charge in [0.2, 0.25) is 47.8 Å². The van der Waals surface area contributed by atoms with Gasteiger partial charge in [-0.2, -0.15) is 13.2 Å². The van der Waals surface area contributed by atoms with Crippen LogP contribution >= 0.6 is 45.8 Å². The maximum atomic E-state index is 13.6. The van der Waals surface area contributed by atoms with Gasteiger partial charge in [-0.05, 0) is 189 Å². The fraction of sp³-hybridized carbons (Fsp3) is 0.581. The maximum absolute atomic E-state index is 13.6. The topological polar surface area (TPSA) is 489 Å². The number of amides is 7. The SMILES string of the molecule is CC(C)(C)[C@H](Nc1cccc(C(F)(F)F)c1)C(=O)O.CC[C@@H]1C[C@]1(NC(=O)[C@@H]1C[C@@H](Oc2nc3ccccc3s2)CN1C(=O)OC(C)(C)C)C(=O)NS(=O)(=O)C1CC1.CC[C@@H]1C[C@]1(NC(=O)[C@@H]1C[C@@H](Oc2nc3ccccc3s2)CN1C(=O)OC(C)(C)C)C(=O)O.CC[C@@H]1C[C@]1(NC(=O)[C@@H]1C[C@@H](Oc2nc3ccccc3s2)CN1Cl)C(=O)NS(=O)(=O)C1CC1.NS(=O)(=O)C1CC1. The quantitative estimate of drug-likeness (QED) is 0.0227. The monoisotopic (exact) mass is 1960 g/mol. The molecule has 0 bridgehead atoms. The number of hydrogen-bond donors (Lipinski definition) is 9. The lowest BCUT2D eigenvalue weighted by atomic mass is 9.86. The van der Waals surface area contributed by atoms with E-state index in [0.29, 0.717) is 92.8 Å². The van der Waals surface area contributed by atoms with Crippen molar-refractivity contribution in [2.45, 2.75) is 272 Å². The molecular weight excluding hydrogens is 1850 g/mol. The van der Waals surface area contributed by atoms with E-state index in [1.807, 2.05) is 93.6 Å². The van der Waals surface area contributed by atoms with Crippen molar-refractivity contribution >= 4 is 166 Å². The molecule has 716 valence electrons. The molecule has 7 aromatic rings. The number of ether oxygens (including phenoxy) is 5. The number of hydrogen-bond acceptors (Lipinski definition) is 28. The second kappa shape index (κ2) is 39.2. The van der Waals surface area contributed by atoms with E-state index < -0.39 is 176 Å². The Morgan fingerprint density at radius 2 is 0.863 bits per heavy atom. The van der Waals surface area contributed by atoms with Crippen molar-refractivity contribution in [1.82, 2.24) is 54.6 Å². The first kappa shape index (κ1) is 100. The van der Waals surface area contributed by atoms with E-state index in [1.165, 1.54) is 60.4 Å². The van der Waals surface area contributed by atoms with Crippen molar-refractivity contribution in [3.05, 3.63) is 103 Å². The first-order valence-electron chi connectivity index (χ1n) is 43.2. The first-order chi connectivity index (χ1) is 61.2. The number of anilines is 1. The molecule has 10 N–H and O–H groups in total. The molecule has 6 aliphatic carbocycles. The first-order valence-corrected chi connectivity index (χ1v) is 50.6. The number of nitrogens with one attached hydrogen (secondary N) is 6. The highest BCUT2D eigenvalue weighted by Gasteiger charge is 2.65. The number of aliphatic carboxylic acids is 2. The van der Waals surface area contributed by atoms with Gasteiger partial charge in [0.05, 0.1) is 71.6 Å². The van der Waals surface area contributed by atoms with E-state index in [9.17, 15) is 86.7 Å².